The summed E-state index contributed by atoms with van der Waals surface area (Å²) in [5.74, 6) is 0.455. The molecular formula is C13H12N4O3. The van der Waals surface area contributed by atoms with E-state index in [1.54, 1.807) is 30.5 Å². The van der Waals surface area contributed by atoms with Gasteiger partial charge >= 0.3 is 0 Å². The average molecular weight is 272 g/mol. The molecule has 1 aliphatic rings. The zero-order valence-electron chi connectivity index (χ0n) is 10.4. The maximum Gasteiger partial charge on any atom is 0.267 e. The smallest absolute Gasteiger partial charge is 0.267 e. The molecule has 0 bridgehead atoms. The van der Waals surface area contributed by atoms with Crippen LogP contribution in [0.5, 0.6) is 11.6 Å². The van der Waals surface area contributed by atoms with Gasteiger partial charge in [-0.05, 0) is 30.2 Å². The van der Waals surface area contributed by atoms with E-state index in [-0.39, 0.29) is 0 Å². The summed E-state index contributed by atoms with van der Waals surface area (Å²) >= 11 is 0. The van der Waals surface area contributed by atoms with E-state index >= 15 is 0 Å². The van der Waals surface area contributed by atoms with Gasteiger partial charge in [0.1, 0.15) is 12.1 Å². The molecule has 0 radical (unpaired) electrons. The number of nitrogens with zero attached hydrogens (tertiary/aromatic N) is 3. The molecule has 3 rings (SSSR count). The van der Waals surface area contributed by atoms with Crippen molar-refractivity contribution in [1.82, 2.24) is 9.97 Å². The lowest BCUT2D eigenvalue weighted by Gasteiger charge is -2.27. The van der Waals surface area contributed by atoms with E-state index in [9.17, 15) is 10.0 Å². The van der Waals surface area contributed by atoms with Gasteiger partial charge < -0.3 is 10.5 Å². The summed E-state index contributed by atoms with van der Waals surface area (Å²) < 4.78 is 5.56. The van der Waals surface area contributed by atoms with Gasteiger partial charge in [0.15, 0.2) is 0 Å². The topological polar surface area (TPSA) is 102 Å². The molecule has 2 heterocycles. The monoisotopic (exact) mass is 272 g/mol. The van der Waals surface area contributed by atoms with E-state index < -0.39 is 11.9 Å². The highest BCUT2D eigenvalue weighted by Gasteiger charge is 2.29. The number of fused-ring (bicyclic) bond motifs is 1. The van der Waals surface area contributed by atoms with E-state index in [4.69, 9.17) is 10.5 Å². The highest BCUT2D eigenvalue weighted by Crippen LogP contribution is 2.31. The molecule has 1 aliphatic heterocycles. The van der Waals surface area contributed by atoms with Crippen molar-refractivity contribution in [1.29, 1.82) is 0 Å². The predicted molar refractivity (Wildman–Crippen MR) is 69.5 cm³/mol. The largest absolute Gasteiger partial charge is 0.439 e. The minimum atomic E-state index is -0.748. The fourth-order valence-electron chi connectivity index (χ4n) is 2.06. The van der Waals surface area contributed by atoms with E-state index in [1.165, 1.54) is 6.33 Å². The Morgan fingerprint density at radius 2 is 2.25 bits per heavy atom. The Labute approximate surface area is 114 Å². The van der Waals surface area contributed by atoms with Gasteiger partial charge in [-0.1, -0.05) is 0 Å². The average Bonchev–Trinajstić information content (AvgIpc) is 2.46. The predicted octanol–water partition coefficient (Wildman–Crippen LogP) is 0.874. The van der Waals surface area contributed by atoms with Crippen LogP contribution in [0.2, 0.25) is 0 Å². The molecule has 0 saturated carbocycles. The summed E-state index contributed by atoms with van der Waals surface area (Å²) in [6.45, 7) is 0. The van der Waals surface area contributed by atoms with E-state index in [0.717, 1.165) is 5.56 Å². The molecule has 0 aliphatic carbocycles. The molecule has 0 spiro atoms. The van der Waals surface area contributed by atoms with Crippen LogP contribution in [0.15, 0.2) is 36.8 Å². The number of ether oxygens (including phenoxy) is 1. The summed E-state index contributed by atoms with van der Waals surface area (Å²) in [6, 6.07) is 5.87. The maximum absolute atomic E-state index is 11.6. The third kappa shape index (κ3) is 2.20. The first-order chi connectivity index (χ1) is 9.65. The van der Waals surface area contributed by atoms with Crippen LogP contribution in [-0.4, -0.2) is 27.1 Å². The van der Waals surface area contributed by atoms with Crippen molar-refractivity contribution in [2.75, 3.05) is 5.06 Å². The van der Waals surface area contributed by atoms with Gasteiger partial charge in [0, 0.05) is 12.3 Å². The lowest BCUT2D eigenvalue weighted by Crippen LogP contribution is -2.47. The molecule has 102 valence electrons. The molecule has 1 unspecified atom stereocenters. The maximum atomic E-state index is 11.6. The van der Waals surface area contributed by atoms with Crippen LogP contribution in [0.25, 0.3) is 0 Å². The summed E-state index contributed by atoms with van der Waals surface area (Å²) in [5.41, 5.74) is 6.84. The zero-order valence-corrected chi connectivity index (χ0v) is 10.4. The van der Waals surface area contributed by atoms with Crippen molar-refractivity contribution in [3.05, 3.63) is 42.4 Å². The number of nitrogens with two attached hydrogens (primary N) is 1. The number of rotatable bonds is 2. The molecule has 7 nitrogen and oxygen atoms in total. The molecule has 20 heavy (non-hydrogen) atoms. The van der Waals surface area contributed by atoms with Crippen LogP contribution < -0.4 is 15.5 Å². The molecule has 1 aromatic carbocycles. The van der Waals surface area contributed by atoms with Gasteiger partial charge in [0.2, 0.25) is 5.88 Å². The Hall–Kier alpha value is -2.51. The number of hydrogen-bond acceptors (Lipinski definition) is 6. The van der Waals surface area contributed by atoms with Crippen LogP contribution in [0.1, 0.15) is 5.56 Å². The Balaban J connectivity index is 1.90. The molecule has 0 fully saturated rings. The van der Waals surface area contributed by atoms with Crippen LogP contribution in [0.4, 0.5) is 5.69 Å². The third-order valence-electron chi connectivity index (χ3n) is 3.02. The molecule has 2 aromatic rings. The number of hydroxylamine groups is 1. The van der Waals surface area contributed by atoms with Crippen molar-refractivity contribution in [2.45, 2.75) is 12.5 Å². The Morgan fingerprint density at radius 1 is 1.40 bits per heavy atom. The number of anilines is 1. The van der Waals surface area contributed by atoms with Crippen molar-refractivity contribution in [3.8, 4) is 11.6 Å². The minimum absolute atomic E-state index is 0.353. The molecule has 3 N–H and O–H groups in total. The van der Waals surface area contributed by atoms with E-state index in [2.05, 4.69) is 9.97 Å². The third-order valence-corrected chi connectivity index (χ3v) is 3.02. The molecule has 1 atom stereocenters. The van der Waals surface area contributed by atoms with Gasteiger partial charge in [-0.15, -0.1) is 0 Å². The van der Waals surface area contributed by atoms with Crippen molar-refractivity contribution in [3.63, 3.8) is 0 Å². The van der Waals surface area contributed by atoms with Crippen molar-refractivity contribution in [2.24, 2.45) is 5.73 Å². The number of amides is 1. The minimum Gasteiger partial charge on any atom is -0.439 e. The molecule has 0 saturated heterocycles. The lowest BCUT2D eigenvalue weighted by molar-refractivity contribution is -0.125. The van der Waals surface area contributed by atoms with Crippen LogP contribution in [0.3, 0.4) is 0 Å². The van der Waals surface area contributed by atoms with Gasteiger partial charge in [0.25, 0.3) is 5.91 Å². The van der Waals surface area contributed by atoms with E-state index in [1.807, 2.05) is 0 Å². The highest BCUT2D eigenvalue weighted by molar-refractivity contribution is 5.98. The van der Waals surface area contributed by atoms with Gasteiger partial charge in [-0.25, -0.2) is 9.97 Å². The second-order valence-corrected chi connectivity index (χ2v) is 4.40. The normalized spacial score (nSPS) is 17.8. The molecule has 1 aromatic heterocycles. The Kier molecular flexibility index (Phi) is 3.05. The lowest BCUT2D eigenvalue weighted by atomic mass is 9.99. The van der Waals surface area contributed by atoms with E-state index in [0.29, 0.717) is 28.8 Å². The van der Waals surface area contributed by atoms with Crippen LogP contribution >= 0.6 is 0 Å². The number of benzene rings is 1. The summed E-state index contributed by atoms with van der Waals surface area (Å²) in [5, 5.41) is 10.3. The second kappa shape index (κ2) is 4.87. The number of carbonyl (C=O) groups excluding carboxylic acids is 1. The van der Waals surface area contributed by atoms with Gasteiger partial charge in [-0.2, -0.15) is 5.06 Å². The molecule has 1 amide bonds. The Morgan fingerprint density at radius 3 is 3.00 bits per heavy atom. The standard InChI is InChI=1S/C13H12N4O3/c14-10-6-8-5-9(20-12-3-4-15-7-16-12)1-2-11(8)17(19)13(10)18/h1-5,7,10,19H,6,14H2. The zero-order chi connectivity index (χ0) is 14.1. The fraction of sp³-hybridized carbons (Fsp3) is 0.154. The summed E-state index contributed by atoms with van der Waals surface area (Å²) in [6.07, 6.45) is 3.31. The Bertz CT molecular complexity index is 647. The number of aromatic nitrogens is 2. The summed E-state index contributed by atoms with van der Waals surface area (Å²) in [4.78, 5) is 19.3. The molecular weight excluding hydrogens is 260 g/mol. The molecule has 7 heteroatoms. The van der Waals surface area contributed by atoms with Crippen molar-refractivity contribution >= 4 is 11.6 Å². The quantitative estimate of drug-likeness (QED) is 0.787. The van der Waals surface area contributed by atoms with Gasteiger partial charge in [-0.3, -0.25) is 10.0 Å². The highest BCUT2D eigenvalue weighted by atomic mass is 16.5. The summed E-state index contributed by atoms with van der Waals surface area (Å²) in [7, 11) is 0. The first-order valence-electron chi connectivity index (χ1n) is 6.00. The van der Waals surface area contributed by atoms with Gasteiger partial charge in [0.05, 0.1) is 11.7 Å². The van der Waals surface area contributed by atoms with Crippen LogP contribution in [-0.2, 0) is 11.2 Å². The first kappa shape index (κ1) is 12.5. The van der Waals surface area contributed by atoms with Crippen LogP contribution in [0, 0.1) is 0 Å². The SMILES string of the molecule is NC1Cc2cc(Oc3ccncn3)ccc2N(O)C1=O. The van der Waals surface area contributed by atoms with Crippen molar-refractivity contribution < 1.29 is 14.7 Å². The fourth-order valence-corrected chi connectivity index (χ4v) is 2.06. The first-order valence-corrected chi connectivity index (χ1v) is 6.00. The number of carbonyl (C=O) groups is 1. The number of hydrogen-bond donors (Lipinski definition) is 2. The second-order valence-electron chi connectivity index (χ2n) is 4.40.